The number of aldehydes is 1. The summed E-state index contributed by atoms with van der Waals surface area (Å²) in [6, 6.07) is 4.16. The third-order valence-electron chi connectivity index (χ3n) is 2.45. The largest absolute Gasteiger partial charge is 0.297 e. The zero-order valence-corrected chi connectivity index (χ0v) is 12.1. The summed E-state index contributed by atoms with van der Waals surface area (Å²) in [5.74, 6) is 1.16. The van der Waals surface area contributed by atoms with Gasteiger partial charge in [0, 0.05) is 11.1 Å². The van der Waals surface area contributed by atoms with E-state index in [1.807, 2.05) is 23.2 Å². The molecule has 4 heteroatoms. The molecule has 0 radical (unpaired) electrons. The van der Waals surface area contributed by atoms with Gasteiger partial charge in [-0.2, -0.15) is 0 Å². The fourth-order valence-corrected chi connectivity index (χ4v) is 4.54. The third-order valence-corrected chi connectivity index (χ3v) is 5.62. The lowest BCUT2D eigenvalue weighted by Crippen LogP contribution is -1.81. The predicted molar refractivity (Wildman–Crippen MR) is 78.7 cm³/mol. The number of hydrogen-bond donors (Lipinski definition) is 0. The highest BCUT2D eigenvalue weighted by atomic mass is 32.2. The highest BCUT2D eigenvalue weighted by Gasteiger charge is 2.11. The number of thiophene rings is 2. The summed E-state index contributed by atoms with van der Waals surface area (Å²) in [6.45, 7) is 2.21. The van der Waals surface area contributed by atoms with E-state index in [2.05, 4.69) is 18.4 Å². The Morgan fingerprint density at radius 2 is 2.00 bits per heavy atom. The van der Waals surface area contributed by atoms with Crippen LogP contribution in [0.1, 0.15) is 29.4 Å². The van der Waals surface area contributed by atoms with E-state index < -0.39 is 0 Å². The van der Waals surface area contributed by atoms with Gasteiger partial charge in [-0.15, -0.1) is 34.4 Å². The molecule has 90 valence electrons. The maximum absolute atomic E-state index is 11.0. The average Bonchev–Trinajstić information content (AvgIpc) is 2.96. The lowest BCUT2D eigenvalue weighted by atomic mass is 10.1. The van der Waals surface area contributed by atoms with Gasteiger partial charge in [-0.05, 0) is 35.1 Å². The molecule has 2 heterocycles. The van der Waals surface area contributed by atoms with Crippen LogP contribution in [0.4, 0.5) is 0 Å². The average molecular weight is 282 g/mol. The molecule has 0 amide bonds. The van der Waals surface area contributed by atoms with Gasteiger partial charge in [-0.1, -0.05) is 13.3 Å². The first-order valence-corrected chi connectivity index (χ1v) is 8.34. The minimum atomic E-state index is 0.834. The maximum atomic E-state index is 11.0. The highest BCUT2D eigenvalue weighted by molar-refractivity contribution is 8.01. The quantitative estimate of drug-likeness (QED) is 0.412. The summed E-state index contributed by atoms with van der Waals surface area (Å²) >= 11 is 5.18. The fraction of sp³-hybridized carbons (Fsp3) is 0.308. The molecule has 0 aliphatic rings. The van der Waals surface area contributed by atoms with Gasteiger partial charge in [-0.3, -0.25) is 4.79 Å². The topological polar surface area (TPSA) is 17.1 Å². The Morgan fingerprint density at radius 1 is 1.24 bits per heavy atom. The molecule has 2 aromatic rings. The Hall–Kier alpha value is -0.580. The van der Waals surface area contributed by atoms with Crippen LogP contribution in [0.3, 0.4) is 0 Å². The van der Waals surface area contributed by atoms with E-state index in [1.165, 1.54) is 34.0 Å². The second kappa shape index (κ2) is 6.38. The lowest BCUT2D eigenvalue weighted by Gasteiger charge is -2.02. The van der Waals surface area contributed by atoms with Crippen LogP contribution in [0.2, 0.25) is 0 Å². The van der Waals surface area contributed by atoms with E-state index in [0.717, 1.165) is 22.5 Å². The van der Waals surface area contributed by atoms with E-state index in [4.69, 9.17) is 0 Å². The Labute approximate surface area is 114 Å². The van der Waals surface area contributed by atoms with Crippen LogP contribution < -0.4 is 0 Å². The van der Waals surface area contributed by atoms with Gasteiger partial charge < -0.3 is 0 Å². The van der Waals surface area contributed by atoms with Crippen molar-refractivity contribution in [2.24, 2.45) is 0 Å². The van der Waals surface area contributed by atoms with Crippen LogP contribution >= 0.6 is 34.4 Å². The van der Waals surface area contributed by atoms with Crippen molar-refractivity contribution in [3.05, 3.63) is 27.8 Å². The van der Waals surface area contributed by atoms with Crippen molar-refractivity contribution in [2.75, 3.05) is 5.75 Å². The number of thioether (sulfide) groups is 1. The number of rotatable bonds is 6. The molecule has 0 spiro atoms. The van der Waals surface area contributed by atoms with E-state index in [0.29, 0.717) is 0 Å². The molecule has 2 aromatic heterocycles. The minimum absolute atomic E-state index is 0.834. The second-order valence-corrected chi connectivity index (χ2v) is 6.87. The van der Waals surface area contributed by atoms with Gasteiger partial charge in [-0.25, -0.2) is 0 Å². The number of carbonyl (C=O) groups excluding carboxylic acids is 1. The van der Waals surface area contributed by atoms with Crippen LogP contribution in [0, 0.1) is 0 Å². The van der Waals surface area contributed by atoms with Gasteiger partial charge in [0.15, 0.2) is 6.29 Å². The first-order valence-electron chi connectivity index (χ1n) is 5.60. The smallest absolute Gasteiger partial charge is 0.160 e. The van der Waals surface area contributed by atoms with E-state index >= 15 is 0 Å². The Kier molecular flexibility index (Phi) is 4.83. The molecule has 0 atom stereocenters. The SMILES string of the molecule is CCCCSc1sccc1-c1ccsc1C=O. The van der Waals surface area contributed by atoms with Crippen molar-refractivity contribution in [3.63, 3.8) is 0 Å². The van der Waals surface area contributed by atoms with Crippen molar-refractivity contribution in [3.8, 4) is 11.1 Å². The van der Waals surface area contributed by atoms with Gasteiger partial charge in [0.1, 0.15) is 0 Å². The van der Waals surface area contributed by atoms with Crippen LogP contribution in [-0.4, -0.2) is 12.0 Å². The summed E-state index contributed by atoms with van der Waals surface area (Å²) in [6.07, 6.45) is 3.43. The first kappa shape index (κ1) is 12.9. The number of hydrogen-bond acceptors (Lipinski definition) is 4. The Balaban J connectivity index is 2.21. The van der Waals surface area contributed by atoms with E-state index in [1.54, 1.807) is 11.3 Å². The van der Waals surface area contributed by atoms with Crippen molar-refractivity contribution in [1.29, 1.82) is 0 Å². The molecular weight excluding hydrogens is 268 g/mol. The van der Waals surface area contributed by atoms with Gasteiger partial charge in [0.05, 0.1) is 9.09 Å². The normalized spacial score (nSPS) is 10.6. The molecule has 0 saturated carbocycles. The molecule has 2 rings (SSSR count). The third kappa shape index (κ3) is 3.00. The summed E-state index contributed by atoms with van der Waals surface area (Å²) < 4.78 is 1.33. The molecular formula is C13H14OS3. The zero-order valence-electron chi connectivity index (χ0n) is 9.64. The Morgan fingerprint density at radius 3 is 2.76 bits per heavy atom. The standard InChI is InChI=1S/C13H14OS3/c1-2-3-6-16-13-11(5-8-17-13)10-4-7-15-12(10)9-14/h4-5,7-9H,2-3,6H2,1H3. The lowest BCUT2D eigenvalue weighted by molar-refractivity contribution is 0.112. The Bertz CT molecular complexity index is 484. The van der Waals surface area contributed by atoms with Crippen molar-refractivity contribution in [2.45, 2.75) is 24.0 Å². The van der Waals surface area contributed by atoms with Crippen LogP contribution in [0.15, 0.2) is 27.1 Å². The van der Waals surface area contributed by atoms with E-state index in [9.17, 15) is 4.79 Å². The van der Waals surface area contributed by atoms with Crippen molar-refractivity contribution >= 4 is 40.7 Å². The second-order valence-electron chi connectivity index (χ2n) is 3.64. The summed E-state index contributed by atoms with van der Waals surface area (Å²) in [5.41, 5.74) is 2.31. The molecule has 1 nitrogen and oxygen atoms in total. The maximum Gasteiger partial charge on any atom is 0.160 e. The van der Waals surface area contributed by atoms with Crippen molar-refractivity contribution < 1.29 is 4.79 Å². The number of unbranched alkanes of at least 4 members (excludes halogenated alkanes) is 1. The summed E-state index contributed by atoms with van der Waals surface area (Å²) in [7, 11) is 0. The highest BCUT2D eigenvalue weighted by Crippen LogP contribution is 2.39. The van der Waals surface area contributed by atoms with Crippen LogP contribution in [-0.2, 0) is 0 Å². The molecule has 0 aromatic carbocycles. The molecule has 0 saturated heterocycles. The molecule has 17 heavy (non-hydrogen) atoms. The van der Waals surface area contributed by atoms with Gasteiger partial charge in [0.2, 0.25) is 0 Å². The fourth-order valence-electron chi connectivity index (χ4n) is 1.55. The predicted octanol–water partition coefficient (Wildman–Crippen LogP) is 5.18. The molecule has 0 N–H and O–H groups in total. The summed E-state index contributed by atoms with van der Waals surface area (Å²) in [4.78, 5) is 11.8. The molecule has 0 aliphatic carbocycles. The minimum Gasteiger partial charge on any atom is -0.297 e. The van der Waals surface area contributed by atoms with Crippen LogP contribution in [0.5, 0.6) is 0 Å². The first-order chi connectivity index (χ1) is 8.36. The zero-order chi connectivity index (χ0) is 12.1. The van der Waals surface area contributed by atoms with Crippen LogP contribution in [0.25, 0.3) is 11.1 Å². The number of carbonyl (C=O) groups is 1. The van der Waals surface area contributed by atoms with Gasteiger partial charge in [0.25, 0.3) is 0 Å². The molecule has 0 aliphatic heterocycles. The molecule has 0 bridgehead atoms. The molecule has 0 unspecified atom stereocenters. The summed E-state index contributed by atoms with van der Waals surface area (Å²) in [5, 5.41) is 4.09. The van der Waals surface area contributed by atoms with Crippen molar-refractivity contribution in [1.82, 2.24) is 0 Å². The van der Waals surface area contributed by atoms with Gasteiger partial charge >= 0.3 is 0 Å². The van der Waals surface area contributed by atoms with E-state index in [-0.39, 0.29) is 0 Å². The molecule has 0 fully saturated rings. The monoisotopic (exact) mass is 282 g/mol.